The Morgan fingerprint density at radius 2 is 2.00 bits per heavy atom. The van der Waals surface area contributed by atoms with Crippen molar-refractivity contribution in [2.75, 3.05) is 0 Å². The van der Waals surface area contributed by atoms with Gasteiger partial charge in [-0.1, -0.05) is 23.7 Å². The molecule has 31 heavy (non-hydrogen) atoms. The minimum atomic E-state index is -0.343. The number of hydrogen-bond acceptors (Lipinski definition) is 6. The number of thioether (sulfide) groups is 1. The fraction of sp³-hybridized carbons (Fsp3) is 0.0455. The predicted molar refractivity (Wildman–Crippen MR) is 119 cm³/mol. The molecule has 0 saturated carbocycles. The van der Waals surface area contributed by atoms with Crippen LogP contribution in [0, 0.1) is 5.82 Å². The number of benzene rings is 2. The predicted octanol–water partition coefficient (Wildman–Crippen LogP) is 5.28. The van der Waals surface area contributed by atoms with Gasteiger partial charge in [0.25, 0.3) is 5.91 Å². The maximum atomic E-state index is 13.0. The van der Waals surface area contributed by atoms with Crippen LogP contribution in [0.15, 0.2) is 80.4 Å². The Hall–Kier alpha value is -3.36. The van der Waals surface area contributed by atoms with Gasteiger partial charge in [0.05, 0.1) is 23.9 Å². The minimum Gasteiger partial charge on any atom is -0.507 e. The van der Waals surface area contributed by atoms with Gasteiger partial charge in [0, 0.05) is 10.6 Å². The van der Waals surface area contributed by atoms with E-state index in [4.69, 9.17) is 16.0 Å². The first-order valence-corrected chi connectivity index (χ1v) is 10.3. The van der Waals surface area contributed by atoms with Gasteiger partial charge >= 0.3 is 0 Å². The summed E-state index contributed by atoms with van der Waals surface area (Å²) in [7, 11) is 0. The molecule has 156 valence electrons. The number of amidine groups is 1. The van der Waals surface area contributed by atoms with Crippen LogP contribution < -0.4 is 0 Å². The second kappa shape index (κ2) is 9.20. The summed E-state index contributed by atoms with van der Waals surface area (Å²) >= 11 is 7.12. The zero-order valence-electron chi connectivity index (χ0n) is 15.9. The minimum absolute atomic E-state index is 0.00241. The van der Waals surface area contributed by atoms with Crippen molar-refractivity contribution < 1.29 is 18.7 Å². The molecule has 1 fully saturated rings. The lowest BCUT2D eigenvalue weighted by Crippen LogP contribution is -2.28. The fourth-order valence-corrected chi connectivity index (χ4v) is 3.86. The lowest BCUT2D eigenvalue weighted by molar-refractivity contribution is -0.122. The molecule has 0 aliphatic carbocycles. The Labute approximate surface area is 186 Å². The Kier molecular flexibility index (Phi) is 6.20. The van der Waals surface area contributed by atoms with Gasteiger partial charge in [-0.05, 0) is 65.9 Å². The molecular formula is C22H15ClFN3O3S. The van der Waals surface area contributed by atoms with Crippen LogP contribution in [0.25, 0.3) is 6.08 Å². The summed E-state index contributed by atoms with van der Waals surface area (Å²) in [6, 6.07) is 13.9. The molecule has 2 aromatic carbocycles. The Bertz CT molecular complexity index is 1190. The van der Waals surface area contributed by atoms with Crippen LogP contribution in [-0.2, 0) is 11.3 Å². The van der Waals surface area contributed by atoms with Crippen molar-refractivity contribution in [3.05, 3.63) is 93.5 Å². The first kappa shape index (κ1) is 20.9. The molecule has 0 atom stereocenters. The van der Waals surface area contributed by atoms with Crippen LogP contribution in [0.3, 0.4) is 0 Å². The van der Waals surface area contributed by atoms with E-state index in [0.717, 1.165) is 11.8 Å². The number of hydrogen-bond donors (Lipinski definition) is 1. The van der Waals surface area contributed by atoms with Crippen LogP contribution in [0.5, 0.6) is 5.75 Å². The van der Waals surface area contributed by atoms with E-state index in [0.29, 0.717) is 32.0 Å². The lowest BCUT2D eigenvalue weighted by Gasteiger charge is -2.12. The van der Waals surface area contributed by atoms with E-state index in [2.05, 4.69) is 10.2 Å². The summed E-state index contributed by atoms with van der Waals surface area (Å²) in [5.74, 6) is -0.0702. The number of halogens is 2. The van der Waals surface area contributed by atoms with Gasteiger partial charge in [0.1, 0.15) is 17.3 Å². The van der Waals surface area contributed by atoms with Crippen molar-refractivity contribution >= 4 is 46.7 Å². The monoisotopic (exact) mass is 455 g/mol. The molecule has 9 heteroatoms. The molecule has 6 nitrogen and oxygen atoms in total. The fourth-order valence-electron chi connectivity index (χ4n) is 2.76. The number of rotatable bonds is 5. The number of nitrogens with zero attached hydrogens (tertiary/aromatic N) is 3. The first-order valence-electron chi connectivity index (χ1n) is 9.08. The molecule has 0 bridgehead atoms. The molecule has 1 N–H and O–H groups in total. The van der Waals surface area contributed by atoms with Crippen molar-refractivity contribution in [1.29, 1.82) is 0 Å². The van der Waals surface area contributed by atoms with Crippen LogP contribution in [-0.4, -0.2) is 27.3 Å². The highest BCUT2D eigenvalue weighted by Crippen LogP contribution is 2.35. The molecule has 3 aromatic rings. The molecule has 0 radical (unpaired) electrons. The van der Waals surface area contributed by atoms with Gasteiger partial charge in [0.2, 0.25) is 0 Å². The molecule has 4 rings (SSSR count). The number of aromatic hydroxyl groups is 1. The van der Waals surface area contributed by atoms with E-state index in [9.17, 15) is 14.3 Å². The second-order valence-electron chi connectivity index (χ2n) is 6.46. The third-order valence-electron chi connectivity index (χ3n) is 4.28. The third kappa shape index (κ3) is 5.04. The Morgan fingerprint density at radius 1 is 1.19 bits per heavy atom. The standard InChI is InChI=1S/C22H15ClFN3O3S/c23-16-5-8-19(28)15(10-16)11-20-21(29)27(13-18-2-1-9-30-18)22(31-20)26-25-12-14-3-6-17(24)7-4-14/h1-12,28H,13H2/b20-11-,25-12-,26-22+. The normalized spacial score (nSPS) is 16.8. The molecule has 2 heterocycles. The average molecular weight is 456 g/mol. The van der Waals surface area contributed by atoms with Gasteiger partial charge in [-0.25, -0.2) is 4.39 Å². The first-order chi connectivity index (χ1) is 15.0. The lowest BCUT2D eigenvalue weighted by atomic mass is 10.2. The molecule has 0 unspecified atom stereocenters. The Balaban J connectivity index is 1.64. The van der Waals surface area contributed by atoms with Gasteiger partial charge in [-0.2, -0.15) is 5.10 Å². The van der Waals surface area contributed by atoms with E-state index >= 15 is 0 Å². The maximum absolute atomic E-state index is 13.0. The van der Waals surface area contributed by atoms with Crippen LogP contribution >= 0.6 is 23.4 Å². The number of carbonyl (C=O) groups excluding carboxylic acids is 1. The molecule has 0 spiro atoms. The largest absolute Gasteiger partial charge is 0.507 e. The van der Waals surface area contributed by atoms with Gasteiger partial charge in [-0.15, -0.1) is 5.10 Å². The van der Waals surface area contributed by atoms with Crippen LogP contribution in [0.1, 0.15) is 16.9 Å². The van der Waals surface area contributed by atoms with Gasteiger partial charge in [-0.3, -0.25) is 9.69 Å². The van der Waals surface area contributed by atoms with E-state index in [-0.39, 0.29) is 24.0 Å². The number of phenolic OH excluding ortho intramolecular Hbond substituents is 1. The van der Waals surface area contributed by atoms with E-state index in [1.807, 2.05) is 0 Å². The molecule has 1 aliphatic heterocycles. The molecule has 1 amide bonds. The van der Waals surface area contributed by atoms with Gasteiger partial charge < -0.3 is 9.52 Å². The smallest absolute Gasteiger partial charge is 0.267 e. The van der Waals surface area contributed by atoms with E-state index in [1.54, 1.807) is 42.5 Å². The molecule has 1 saturated heterocycles. The highest BCUT2D eigenvalue weighted by molar-refractivity contribution is 8.18. The Morgan fingerprint density at radius 3 is 2.74 bits per heavy atom. The third-order valence-corrected chi connectivity index (χ3v) is 5.51. The topological polar surface area (TPSA) is 78.4 Å². The van der Waals surface area contributed by atoms with Crippen molar-refractivity contribution in [3.8, 4) is 5.75 Å². The average Bonchev–Trinajstić information content (AvgIpc) is 3.36. The molecule has 1 aromatic heterocycles. The molecule has 1 aliphatic rings. The number of furan rings is 1. The summed E-state index contributed by atoms with van der Waals surface area (Å²) in [5, 5.41) is 19.1. The van der Waals surface area contributed by atoms with Crippen LogP contribution in [0.2, 0.25) is 5.02 Å². The summed E-state index contributed by atoms with van der Waals surface area (Å²) in [5.41, 5.74) is 1.08. The van der Waals surface area contributed by atoms with E-state index < -0.39 is 0 Å². The van der Waals surface area contributed by atoms with Gasteiger partial charge in [0.15, 0.2) is 5.17 Å². The quantitative estimate of drug-likeness (QED) is 0.322. The highest BCUT2D eigenvalue weighted by atomic mass is 35.5. The summed E-state index contributed by atoms with van der Waals surface area (Å²) in [6.07, 6.45) is 4.54. The highest BCUT2D eigenvalue weighted by Gasteiger charge is 2.34. The summed E-state index contributed by atoms with van der Waals surface area (Å²) < 4.78 is 18.4. The SMILES string of the molecule is O=C1/C(=C/c2cc(Cl)ccc2O)S/C(=N/N=C\c2ccc(F)cc2)N1Cc1ccco1. The summed E-state index contributed by atoms with van der Waals surface area (Å²) in [6.45, 7) is 0.169. The zero-order chi connectivity index (χ0) is 21.8. The summed E-state index contributed by atoms with van der Waals surface area (Å²) in [4.78, 5) is 14.8. The number of carbonyl (C=O) groups is 1. The van der Waals surface area contributed by atoms with Crippen molar-refractivity contribution in [1.82, 2.24) is 4.90 Å². The van der Waals surface area contributed by atoms with E-state index in [1.165, 1.54) is 35.6 Å². The maximum Gasteiger partial charge on any atom is 0.267 e. The van der Waals surface area contributed by atoms with Crippen molar-refractivity contribution in [2.45, 2.75) is 6.54 Å². The molecular weight excluding hydrogens is 441 g/mol. The zero-order valence-corrected chi connectivity index (χ0v) is 17.5. The number of phenols is 1. The number of amides is 1. The van der Waals surface area contributed by atoms with Crippen molar-refractivity contribution in [2.24, 2.45) is 10.2 Å². The second-order valence-corrected chi connectivity index (χ2v) is 7.91. The van der Waals surface area contributed by atoms with Crippen LogP contribution in [0.4, 0.5) is 4.39 Å². The van der Waals surface area contributed by atoms with Crippen molar-refractivity contribution in [3.63, 3.8) is 0 Å².